The lowest BCUT2D eigenvalue weighted by atomic mass is 10.2. The van der Waals surface area contributed by atoms with Crippen LogP contribution in [0.25, 0.3) is 0 Å². The zero-order chi connectivity index (χ0) is 18.5. The van der Waals surface area contributed by atoms with Crippen molar-refractivity contribution < 1.29 is 14.3 Å². The predicted molar refractivity (Wildman–Crippen MR) is 95.0 cm³/mol. The monoisotopic (exact) mass is 359 g/mol. The minimum Gasteiger partial charge on any atom is -0.454 e. The molecule has 0 aromatic carbocycles. The van der Waals surface area contributed by atoms with Crippen molar-refractivity contribution in [1.29, 1.82) is 0 Å². The van der Waals surface area contributed by atoms with E-state index >= 15 is 0 Å². The molecule has 0 saturated carbocycles. The van der Waals surface area contributed by atoms with Gasteiger partial charge in [0.25, 0.3) is 0 Å². The van der Waals surface area contributed by atoms with Crippen LogP contribution in [0, 0.1) is 0 Å². The molecule has 26 heavy (non-hydrogen) atoms. The van der Waals surface area contributed by atoms with E-state index in [1.54, 1.807) is 37.3 Å². The number of nitrogen functional groups attached to an aromatic ring is 1. The molecule has 1 fully saturated rings. The molecule has 0 radical (unpaired) electrons. The van der Waals surface area contributed by atoms with Crippen LogP contribution in [0.15, 0.2) is 18.3 Å². The molecule has 1 aliphatic heterocycles. The van der Waals surface area contributed by atoms with Crippen LogP contribution in [0.4, 0.5) is 17.7 Å². The molecule has 0 unspecified atom stereocenters. The quantitative estimate of drug-likeness (QED) is 0.736. The molecule has 3 heterocycles. The Morgan fingerprint density at radius 2 is 2.08 bits per heavy atom. The second kappa shape index (κ2) is 7.91. The van der Waals surface area contributed by atoms with E-state index in [2.05, 4.69) is 19.9 Å². The van der Waals surface area contributed by atoms with Crippen LogP contribution in [-0.2, 0) is 16.1 Å². The van der Waals surface area contributed by atoms with Gasteiger partial charge < -0.3 is 25.0 Å². The van der Waals surface area contributed by atoms with E-state index in [0.29, 0.717) is 43.6 Å². The van der Waals surface area contributed by atoms with Crippen molar-refractivity contribution >= 4 is 23.7 Å². The molecule has 2 aromatic heterocycles. The van der Waals surface area contributed by atoms with Crippen molar-refractivity contribution in [2.24, 2.45) is 0 Å². The highest BCUT2D eigenvalue weighted by atomic mass is 16.5. The molecule has 0 atom stereocenters. The van der Waals surface area contributed by atoms with Gasteiger partial charge in [0.2, 0.25) is 11.9 Å². The van der Waals surface area contributed by atoms with Gasteiger partial charge in [0, 0.05) is 33.4 Å². The molecule has 0 bridgehead atoms. The van der Waals surface area contributed by atoms with E-state index in [-0.39, 0.29) is 18.4 Å². The summed E-state index contributed by atoms with van der Waals surface area (Å²) >= 11 is 0. The summed E-state index contributed by atoms with van der Waals surface area (Å²) in [5.74, 6) is 0.852. The smallest absolute Gasteiger partial charge is 0.342 e. The van der Waals surface area contributed by atoms with Gasteiger partial charge in [-0.15, -0.1) is 0 Å². The zero-order valence-corrected chi connectivity index (χ0v) is 14.8. The molecule has 138 valence electrons. The maximum absolute atomic E-state index is 12.6. The molecule has 0 spiro atoms. The third-order valence-electron chi connectivity index (χ3n) is 3.74. The molecule has 1 saturated heterocycles. The Hall–Kier alpha value is -3.01. The Morgan fingerprint density at radius 3 is 2.81 bits per heavy atom. The van der Waals surface area contributed by atoms with Crippen LogP contribution in [0.3, 0.4) is 0 Å². The number of esters is 1. The third-order valence-corrected chi connectivity index (χ3v) is 3.74. The van der Waals surface area contributed by atoms with Gasteiger partial charge in [-0.3, -0.25) is 0 Å². The number of hydrogen-bond acceptors (Lipinski definition) is 10. The SMILES string of the molecule is CN(C)c1nc(N)nc(COC(=O)c2cccnc2N2CCOCC2)n1. The number of nitrogens with zero attached hydrogens (tertiary/aromatic N) is 6. The number of hydrogen-bond donors (Lipinski definition) is 1. The largest absolute Gasteiger partial charge is 0.454 e. The highest BCUT2D eigenvalue weighted by Gasteiger charge is 2.21. The van der Waals surface area contributed by atoms with Crippen molar-refractivity contribution in [1.82, 2.24) is 19.9 Å². The summed E-state index contributed by atoms with van der Waals surface area (Å²) in [5.41, 5.74) is 6.07. The van der Waals surface area contributed by atoms with Crippen LogP contribution >= 0.6 is 0 Å². The average molecular weight is 359 g/mol. The number of pyridine rings is 1. The number of ether oxygens (including phenoxy) is 2. The van der Waals surface area contributed by atoms with Crippen molar-refractivity contribution in [3.8, 4) is 0 Å². The van der Waals surface area contributed by atoms with Gasteiger partial charge in [0.05, 0.1) is 13.2 Å². The minimum atomic E-state index is -0.495. The number of nitrogens with two attached hydrogens (primary N) is 1. The van der Waals surface area contributed by atoms with E-state index in [0.717, 1.165) is 0 Å². The van der Waals surface area contributed by atoms with Gasteiger partial charge in [-0.1, -0.05) is 0 Å². The summed E-state index contributed by atoms with van der Waals surface area (Å²) in [7, 11) is 3.57. The van der Waals surface area contributed by atoms with Crippen LogP contribution in [0.2, 0.25) is 0 Å². The normalized spacial score (nSPS) is 14.2. The Balaban J connectivity index is 1.73. The van der Waals surface area contributed by atoms with Gasteiger partial charge in [0.15, 0.2) is 12.4 Å². The number of morpholine rings is 1. The first-order chi connectivity index (χ1) is 12.5. The van der Waals surface area contributed by atoms with Gasteiger partial charge in [-0.25, -0.2) is 9.78 Å². The molecule has 3 rings (SSSR count). The maximum atomic E-state index is 12.6. The van der Waals surface area contributed by atoms with Crippen molar-refractivity contribution in [2.75, 3.05) is 55.9 Å². The second-order valence-electron chi connectivity index (χ2n) is 5.85. The number of carbonyl (C=O) groups excluding carboxylic acids is 1. The average Bonchev–Trinajstić information content (AvgIpc) is 2.66. The fourth-order valence-corrected chi connectivity index (χ4v) is 2.48. The molecular weight excluding hydrogens is 338 g/mol. The Labute approximate surface area is 151 Å². The molecular formula is C16H21N7O3. The number of rotatable bonds is 5. The van der Waals surface area contributed by atoms with Crippen LogP contribution in [0.1, 0.15) is 16.2 Å². The van der Waals surface area contributed by atoms with Gasteiger partial charge in [0.1, 0.15) is 11.4 Å². The summed E-state index contributed by atoms with van der Waals surface area (Å²) in [6.45, 7) is 2.44. The summed E-state index contributed by atoms with van der Waals surface area (Å²) in [5, 5.41) is 0. The topological polar surface area (TPSA) is 120 Å². The minimum absolute atomic E-state index is 0.0742. The first-order valence-corrected chi connectivity index (χ1v) is 8.17. The van der Waals surface area contributed by atoms with Gasteiger partial charge >= 0.3 is 5.97 Å². The molecule has 10 nitrogen and oxygen atoms in total. The summed E-state index contributed by atoms with van der Waals surface area (Å²) < 4.78 is 10.7. The lowest BCUT2D eigenvalue weighted by Crippen LogP contribution is -2.37. The molecule has 2 N–H and O–H groups in total. The molecule has 2 aromatic rings. The molecule has 1 aliphatic rings. The van der Waals surface area contributed by atoms with Crippen molar-refractivity contribution in [3.63, 3.8) is 0 Å². The summed E-state index contributed by atoms with van der Waals surface area (Å²) in [4.78, 5) is 32.8. The molecule has 0 amide bonds. The van der Waals surface area contributed by atoms with E-state index in [4.69, 9.17) is 15.2 Å². The molecule has 10 heteroatoms. The number of aromatic nitrogens is 4. The lowest BCUT2D eigenvalue weighted by Gasteiger charge is -2.28. The van der Waals surface area contributed by atoms with E-state index in [9.17, 15) is 4.79 Å². The van der Waals surface area contributed by atoms with Gasteiger partial charge in [-0.05, 0) is 12.1 Å². The fraction of sp³-hybridized carbons (Fsp3) is 0.438. The third kappa shape index (κ3) is 4.14. The summed E-state index contributed by atoms with van der Waals surface area (Å²) in [6.07, 6.45) is 1.65. The Morgan fingerprint density at radius 1 is 1.31 bits per heavy atom. The van der Waals surface area contributed by atoms with Crippen molar-refractivity contribution in [3.05, 3.63) is 29.7 Å². The lowest BCUT2D eigenvalue weighted by molar-refractivity contribution is 0.0461. The first-order valence-electron chi connectivity index (χ1n) is 8.17. The van der Waals surface area contributed by atoms with Crippen LogP contribution in [-0.4, -0.2) is 66.3 Å². The van der Waals surface area contributed by atoms with Gasteiger partial charge in [-0.2, -0.15) is 15.0 Å². The predicted octanol–water partition coefficient (Wildman–Crippen LogP) is 0.108. The fourth-order valence-electron chi connectivity index (χ4n) is 2.48. The Kier molecular flexibility index (Phi) is 5.42. The zero-order valence-electron chi connectivity index (χ0n) is 14.8. The van der Waals surface area contributed by atoms with E-state index in [1.165, 1.54) is 0 Å². The van der Waals surface area contributed by atoms with E-state index < -0.39 is 5.97 Å². The van der Waals surface area contributed by atoms with Crippen LogP contribution in [0.5, 0.6) is 0 Å². The highest BCUT2D eigenvalue weighted by molar-refractivity contribution is 5.94. The number of carbonyl (C=O) groups is 1. The first kappa shape index (κ1) is 17.8. The maximum Gasteiger partial charge on any atom is 0.342 e. The Bertz CT molecular complexity index is 778. The standard InChI is InChI=1S/C16H21N7O3/c1-22(2)16-20-12(19-15(17)21-16)10-26-14(24)11-4-3-5-18-13(11)23-6-8-25-9-7-23/h3-5H,6-10H2,1-2H3,(H2,17,19,20,21). The van der Waals surface area contributed by atoms with Crippen LogP contribution < -0.4 is 15.5 Å². The number of anilines is 3. The van der Waals surface area contributed by atoms with Crippen molar-refractivity contribution in [2.45, 2.75) is 6.61 Å². The molecule has 0 aliphatic carbocycles. The summed E-state index contributed by atoms with van der Waals surface area (Å²) in [6, 6.07) is 3.39. The second-order valence-corrected chi connectivity index (χ2v) is 5.85. The van der Waals surface area contributed by atoms with E-state index in [1.807, 2.05) is 4.90 Å². The highest BCUT2D eigenvalue weighted by Crippen LogP contribution is 2.20.